The molecule has 1 aromatic heterocycles. The van der Waals surface area contributed by atoms with Crippen LogP contribution in [0.3, 0.4) is 0 Å². The van der Waals surface area contributed by atoms with E-state index in [1.807, 2.05) is 11.5 Å². The molecule has 1 aliphatic carbocycles. The van der Waals surface area contributed by atoms with Crippen LogP contribution in [0.15, 0.2) is 5.16 Å². The van der Waals surface area contributed by atoms with E-state index in [2.05, 4.69) is 10.2 Å². The zero-order valence-corrected chi connectivity index (χ0v) is 11.2. The molecule has 1 N–H and O–H groups in total. The van der Waals surface area contributed by atoms with Gasteiger partial charge in [-0.3, -0.25) is 4.79 Å². The maximum absolute atomic E-state index is 10.6. The Morgan fingerprint density at radius 1 is 1.56 bits per heavy atom. The number of hydrogen-bond acceptors (Lipinski definition) is 5. The number of carbonyl (C=O) groups is 1. The Labute approximate surface area is 110 Å². The fourth-order valence-corrected chi connectivity index (χ4v) is 2.38. The molecule has 0 aromatic carbocycles. The molecule has 0 unspecified atom stereocenters. The van der Waals surface area contributed by atoms with Crippen LogP contribution in [0.1, 0.15) is 31.5 Å². The largest absolute Gasteiger partial charge is 0.481 e. The van der Waals surface area contributed by atoms with Gasteiger partial charge < -0.3 is 14.4 Å². The Hall–Kier alpha value is -1.08. The van der Waals surface area contributed by atoms with Crippen LogP contribution in [0.2, 0.25) is 0 Å². The second kappa shape index (κ2) is 6.19. The van der Waals surface area contributed by atoms with E-state index in [0.29, 0.717) is 30.8 Å². The van der Waals surface area contributed by atoms with Crippen LogP contribution in [0.4, 0.5) is 0 Å². The fraction of sp³-hybridized carbons (Fsp3) is 0.727. The Bertz CT molecular complexity index is 418. The van der Waals surface area contributed by atoms with Crippen LogP contribution in [0.25, 0.3) is 0 Å². The van der Waals surface area contributed by atoms with Gasteiger partial charge in [0.25, 0.3) is 0 Å². The summed E-state index contributed by atoms with van der Waals surface area (Å²) < 4.78 is 7.34. The molecule has 0 bridgehead atoms. The second-order valence-corrected chi connectivity index (χ2v) is 5.09. The lowest BCUT2D eigenvalue weighted by molar-refractivity contribution is -0.133. The summed E-state index contributed by atoms with van der Waals surface area (Å²) >= 11 is 1.21. The molecule has 1 saturated carbocycles. The molecule has 1 heterocycles. The zero-order valence-electron chi connectivity index (χ0n) is 10.3. The van der Waals surface area contributed by atoms with Crippen molar-refractivity contribution in [3.05, 3.63) is 5.82 Å². The molecule has 7 heteroatoms. The predicted molar refractivity (Wildman–Crippen MR) is 66.8 cm³/mol. The molecule has 0 amide bonds. The van der Waals surface area contributed by atoms with Crippen LogP contribution in [-0.4, -0.2) is 44.8 Å². The van der Waals surface area contributed by atoms with Crippen molar-refractivity contribution in [3.63, 3.8) is 0 Å². The van der Waals surface area contributed by atoms with Crippen molar-refractivity contribution in [3.8, 4) is 0 Å². The van der Waals surface area contributed by atoms with Crippen molar-refractivity contribution >= 4 is 17.7 Å². The number of nitrogens with zero attached hydrogens (tertiary/aromatic N) is 3. The average Bonchev–Trinajstić information content (AvgIpc) is 3.10. The monoisotopic (exact) mass is 271 g/mol. The quantitative estimate of drug-likeness (QED) is 0.568. The van der Waals surface area contributed by atoms with Crippen LogP contribution in [-0.2, 0) is 16.1 Å². The highest BCUT2D eigenvalue weighted by Gasteiger charge is 2.30. The molecule has 0 spiro atoms. The third kappa shape index (κ3) is 3.46. The van der Waals surface area contributed by atoms with E-state index in [-0.39, 0.29) is 5.75 Å². The summed E-state index contributed by atoms with van der Waals surface area (Å²) in [5, 5.41) is 17.6. The van der Waals surface area contributed by atoms with E-state index in [1.165, 1.54) is 11.8 Å². The van der Waals surface area contributed by atoms with E-state index in [0.717, 1.165) is 18.7 Å². The summed E-state index contributed by atoms with van der Waals surface area (Å²) in [6.45, 7) is 3.93. The molecule has 1 fully saturated rings. The Kier molecular flexibility index (Phi) is 4.60. The van der Waals surface area contributed by atoms with Gasteiger partial charge >= 0.3 is 5.97 Å². The van der Waals surface area contributed by atoms with Crippen molar-refractivity contribution in [1.29, 1.82) is 0 Å². The number of carboxylic acids is 1. The molecular weight excluding hydrogens is 254 g/mol. The van der Waals surface area contributed by atoms with Gasteiger partial charge in [0, 0.05) is 19.1 Å². The molecule has 1 aromatic rings. The van der Waals surface area contributed by atoms with E-state index >= 15 is 0 Å². The van der Waals surface area contributed by atoms with E-state index in [4.69, 9.17) is 9.84 Å². The lowest BCUT2D eigenvalue weighted by Gasteiger charge is -2.08. The topological polar surface area (TPSA) is 77.2 Å². The lowest BCUT2D eigenvalue weighted by Crippen LogP contribution is -2.11. The molecule has 2 rings (SSSR count). The van der Waals surface area contributed by atoms with Crippen molar-refractivity contribution in [2.45, 2.75) is 37.4 Å². The van der Waals surface area contributed by atoms with E-state index in [9.17, 15) is 4.79 Å². The number of ether oxygens (including phenoxy) is 1. The smallest absolute Gasteiger partial charge is 0.313 e. The van der Waals surface area contributed by atoms with Gasteiger partial charge in [0.05, 0.1) is 12.4 Å². The van der Waals surface area contributed by atoms with Crippen LogP contribution >= 0.6 is 11.8 Å². The van der Waals surface area contributed by atoms with Crippen molar-refractivity contribution < 1.29 is 14.6 Å². The summed E-state index contributed by atoms with van der Waals surface area (Å²) in [7, 11) is 0. The van der Waals surface area contributed by atoms with Gasteiger partial charge in [0.1, 0.15) is 5.82 Å². The van der Waals surface area contributed by atoms with Crippen molar-refractivity contribution in [2.24, 2.45) is 0 Å². The number of aromatic nitrogens is 3. The predicted octanol–water partition coefficient (Wildman–Crippen LogP) is 1.37. The van der Waals surface area contributed by atoms with E-state index < -0.39 is 5.97 Å². The lowest BCUT2D eigenvalue weighted by atomic mass is 10.4. The van der Waals surface area contributed by atoms with Crippen molar-refractivity contribution in [1.82, 2.24) is 14.8 Å². The first-order chi connectivity index (χ1) is 8.72. The molecule has 0 aliphatic heterocycles. The average molecular weight is 271 g/mol. The van der Waals surface area contributed by atoms with Crippen LogP contribution in [0, 0.1) is 0 Å². The van der Waals surface area contributed by atoms with Gasteiger partial charge in [-0.05, 0) is 19.8 Å². The Balaban J connectivity index is 2.04. The summed E-state index contributed by atoms with van der Waals surface area (Å²) in [4.78, 5) is 10.6. The third-order valence-electron chi connectivity index (χ3n) is 2.68. The van der Waals surface area contributed by atoms with Crippen LogP contribution < -0.4 is 0 Å². The van der Waals surface area contributed by atoms with Gasteiger partial charge in [-0.15, -0.1) is 10.2 Å². The molecular formula is C11H17N3O3S. The van der Waals surface area contributed by atoms with Gasteiger partial charge in [-0.25, -0.2) is 0 Å². The zero-order chi connectivity index (χ0) is 13.0. The van der Waals surface area contributed by atoms with Gasteiger partial charge in [-0.1, -0.05) is 11.8 Å². The molecule has 0 radical (unpaired) electrons. The van der Waals surface area contributed by atoms with Gasteiger partial charge in [-0.2, -0.15) is 0 Å². The minimum atomic E-state index is -0.840. The first-order valence-corrected chi connectivity index (χ1v) is 7.06. The standard InChI is InChI=1S/C11H17N3O3S/c1-2-17-6-5-14-10(8-3-4-8)12-13-11(14)18-7-9(15)16/h8H,2-7H2,1H3,(H,15,16). The van der Waals surface area contributed by atoms with Gasteiger partial charge in [0.2, 0.25) is 0 Å². The highest BCUT2D eigenvalue weighted by atomic mass is 32.2. The summed E-state index contributed by atoms with van der Waals surface area (Å²) in [6, 6.07) is 0. The Morgan fingerprint density at radius 3 is 2.94 bits per heavy atom. The molecule has 1 aliphatic rings. The fourth-order valence-electron chi connectivity index (χ4n) is 1.69. The molecule has 0 atom stereocenters. The summed E-state index contributed by atoms with van der Waals surface area (Å²) in [6.07, 6.45) is 2.30. The molecule has 6 nitrogen and oxygen atoms in total. The first-order valence-electron chi connectivity index (χ1n) is 6.07. The Morgan fingerprint density at radius 2 is 2.33 bits per heavy atom. The number of carboxylic acid groups (broad SMARTS) is 1. The number of aliphatic carboxylic acids is 1. The first kappa shape index (κ1) is 13.4. The normalized spacial score (nSPS) is 14.9. The highest BCUT2D eigenvalue weighted by molar-refractivity contribution is 7.99. The maximum atomic E-state index is 10.6. The van der Waals surface area contributed by atoms with Crippen LogP contribution in [0.5, 0.6) is 0 Å². The highest BCUT2D eigenvalue weighted by Crippen LogP contribution is 2.39. The van der Waals surface area contributed by atoms with Crippen molar-refractivity contribution in [2.75, 3.05) is 19.0 Å². The number of hydrogen-bond donors (Lipinski definition) is 1. The third-order valence-corrected chi connectivity index (χ3v) is 3.63. The minimum Gasteiger partial charge on any atom is -0.481 e. The molecule has 18 heavy (non-hydrogen) atoms. The maximum Gasteiger partial charge on any atom is 0.313 e. The number of rotatable bonds is 8. The summed E-state index contributed by atoms with van der Waals surface area (Å²) in [5.41, 5.74) is 0. The second-order valence-electron chi connectivity index (χ2n) is 4.15. The number of thioether (sulfide) groups is 1. The molecule has 0 saturated heterocycles. The SMILES string of the molecule is CCOCCn1c(SCC(=O)O)nnc1C1CC1. The van der Waals surface area contributed by atoms with Gasteiger partial charge in [0.15, 0.2) is 5.16 Å². The van der Waals surface area contributed by atoms with E-state index in [1.54, 1.807) is 0 Å². The summed E-state index contributed by atoms with van der Waals surface area (Å²) in [5.74, 6) is 0.644. The minimum absolute atomic E-state index is 0.0113. The molecule has 100 valence electrons.